The Balaban J connectivity index is 1.22. The van der Waals surface area contributed by atoms with Crippen molar-refractivity contribution in [2.24, 2.45) is 23.7 Å². The molecule has 35 heavy (non-hydrogen) atoms. The smallest absolute Gasteiger partial charge is 0.341 e. The Morgan fingerprint density at radius 2 is 1.69 bits per heavy atom. The maximum absolute atomic E-state index is 13.1. The lowest BCUT2D eigenvalue weighted by Gasteiger charge is -2.17. The normalized spacial score (nSPS) is 26.1. The zero-order chi connectivity index (χ0) is 24.3. The van der Waals surface area contributed by atoms with E-state index in [0.717, 1.165) is 42.5 Å². The number of fused-ring (bicyclic) bond motifs is 6. The van der Waals surface area contributed by atoms with Gasteiger partial charge in [-0.3, -0.25) is 19.3 Å². The molecule has 6 rings (SSSR count). The lowest BCUT2D eigenvalue weighted by Crippen LogP contribution is -2.32. The van der Waals surface area contributed by atoms with E-state index in [1.165, 1.54) is 16.2 Å². The van der Waals surface area contributed by atoms with Crippen LogP contribution in [-0.2, 0) is 27.2 Å². The molecule has 1 N–H and O–H groups in total. The minimum absolute atomic E-state index is 0.141. The predicted octanol–water partition coefficient (Wildman–Crippen LogP) is 4.37. The molecule has 4 aliphatic rings. The second-order valence-corrected chi connectivity index (χ2v) is 10.8. The van der Waals surface area contributed by atoms with Crippen molar-refractivity contribution in [3.8, 4) is 0 Å². The Kier molecular flexibility index (Phi) is 5.36. The number of benzene rings is 1. The maximum Gasteiger partial charge on any atom is 0.341 e. The van der Waals surface area contributed by atoms with Crippen molar-refractivity contribution in [2.75, 3.05) is 16.8 Å². The highest BCUT2D eigenvalue weighted by atomic mass is 32.1. The van der Waals surface area contributed by atoms with Gasteiger partial charge in [0.25, 0.3) is 5.91 Å². The number of aryl methyl sites for hydroxylation is 1. The Bertz CT molecular complexity index is 1250. The largest absolute Gasteiger partial charge is 0.462 e. The first-order valence-corrected chi connectivity index (χ1v) is 13.1. The third-order valence-electron chi connectivity index (χ3n) is 7.74. The van der Waals surface area contributed by atoms with Crippen LogP contribution >= 0.6 is 11.3 Å². The summed E-state index contributed by atoms with van der Waals surface area (Å²) in [4.78, 5) is 54.2. The van der Waals surface area contributed by atoms with Gasteiger partial charge in [0.05, 0.1) is 29.7 Å². The average Bonchev–Trinajstić information content (AvgIpc) is 3.61. The van der Waals surface area contributed by atoms with E-state index in [4.69, 9.17) is 4.74 Å². The fraction of sp³-hybridized carbons (Fsp3) is 0.407. The number of amides is 3. The molecule has 180 valence electrons. The van der Waals surface area contributed by atoms with E-state index in [0.29, 0.717) is 21.8 Å². The quantitative estimate of drug-likeness (QED) is 0.382. The minimum atomic E-state index is -0.405. The molecule has 1 saturated heterocycles. The molecular formula is C27H26N2O5S. The minimum Gasteiger partial charge on any atom is -0.462 e. The first-order valence-electron chi connectivity index (χ1n) is 12.3. The molecular weight excluding hydrogens is 464 g/mol. The summed E-state index contributed by atoms with van der Waals surface area (Å²) in [5.41, 5.74) is 2.34. The van der Waals surface area contributed by atoms with Gasteiger partial charge in [0, 0.05) is 10.4 Å². The van der Waals surface area contributed by atoms with Crippen LogP contribution in [0.4, 0.5) is 10.7 Å². The van der Waals surface area contributed by atoms with E-state index in [1.807, 2.05) is 0 Å². The summed E-state index contributed by atoms with van der Waals surface area (Å²) in [5.74, 6) is -1.24. The van der Waals surface area contributed by atoms with Crippen LogP contribution in [-0.4, -0.2) is 30.3 Å². The topological polar surface area (TPSA) is 92.8 Å². The van der Waals surface area contributed by atoms with Gasteiger partial charge in [-0.25, -0.2) is 4.79 Å². The number of imide groups is 1. The number of hydrogen-bond acceptors (Lipinski definition) is 6. The summed E-state index contributed by atoms with van der Waals surface area (Å²) in [6, 6.07) is 6.52. The van der Waals surface area contributed by atoms with Crippen molar-refractivity contribution in [3.63, 3.8) is 0 Å². The van der Waals surface area contributed by atoms with Crippen LogP contribution in [0.3, 0.4) is 0 Å². The monoisotopic (exact) mass is 490 g/mol. The van der Waals surface area contributed by atoms with Crippen molar-refractivity contribution in [2.45, 2.75) is 39.0 Å². The fourth-order valence-electron chi connectivity index (χ4n) is 6.17. The number of nitrogens with zero attached hydrogens (tertiary/aromatic N) is 1. The molecule has 8 heteroatoms. The Morgan fingerprint density at radius 3 is 2.34 bits per heavy atom. The van der Waals surface area contributed by atoms with Gasteiger partial charge in [-0.05, 0) is 80.7 Å². The Morgan fingerprint density at radius 1 is 1.03 bits per heavy atom. The van der Waals surface area contributed by atoms with Crippen LogP contribution in [0.25, 0.3) is 0 Å². The lowest BCUT2D eigenvalue weighted by atomic mass is 9.85. The molecule has 7 nitrogen and oxygen atoms in total. The molecule has 4 atom stereocenters. The molecule has 1 aromatic carbocycles. The lowest BCUT2D eigenvalue weighted by molar-refractivity contribution is -0.123. The number of carbonyl (C=O) groups excluding carboxylic acids is 4. The van der Waals surface area contributed by atoms with Crippen molar-refractivity contribution in [1.82, 2.24) is 0 Å². The number of thiophene rings is 1. The van der Waals surface area contributed by atoms with Gasteiger partial charge in [0.2, 0.25) is 11.8 Å². The third-order valence-corrected chi connectivity index (χ3v) is 8.94. The molecule has 1 saturated carbocycles. The fourth-order valence-corrected chi connectivity index (χ4v) is 7.44. The first-order chi connectivity index (χ1) is 17.0. The summed E-state index contributed by atoms with van der Waals surface area (Å²) in [7, 11) is 0. The Labute approximate surface area is 207 Å². The van der Waals surface area contributed by atoms with Crippen molar-refractivity contribution in [1.29, 1.82) is 0 Å². The maximum atomic E-state index is 13.1. The standard InChI is InChI=1S/C27H26N2O5S/c1-2-34-27(33)22-18-5-3-4-6-19(18)35-24(22)28-23(30)14-9-11-17(12-10-14)29-25(31)20-15-7-8-16(13-15)21(20)26(29)32/h7-12,15-16,20-21H,2-6,13H2,1H3,(H,28,30)/t15-,16+,20-,21+. The highest BCUT2D eigenvalue weighted by Gasteiger charge is 2.59. The van der Waals surface area contributed by atoms with E-state index in [1.54, 1.807) is 31.2 Å². The zero-order valence-electron chi connectivity index (χ0n) is 19.4. The van der Waals surface area contributed by atoms with Crippen LogP contribution < -0.4 is 10.2 Å². The Hall–Kier alpha value is -3.26. The van der Waals surface area contributed by atoms with Crippen molar-refractivity contribution < 1.29 is 23.9 Å². The van der Waals surface area contributed by atoms with Crippen molar-refractivity contribution >= 4 is 45.7 Å². The molecule has 2 bridgehead atoms. The summed E-state index contributed by atoms with van der Waals surface area (Å²) < 4.78 is 5.27. The molecule has 0 radical (unpaired) electrons. The molecule has 0 unspecified atom stereocenters. The van der Waals surface area contributed by atoms with E-state index in [9.17, 15) is 19.2 Å². The number of allylic oxidation sites excluding steroid dienone is 2. The molecule has 2 heterocycles. The highest BCUT2D eigenvalue weighted by molar-refractivity contribution is 7.17. The average molecular weight is 491 g/mol. The zero-order valence-corrected chi connectivity index (χ0v) is 20.2. The predicted molar refractivity (Wildman–Crippen MR) is 132 cm³/mol. The van der Waals surface area contributed by atoms with Gasteiger partial charge in [0.15, 0.2) is 0 Å². The van der Waals surface area contributed by atoms with E-state index >= 15 is 0 Å². The van der Waals surface area contributed by atoms with Crippen LogP contribution in [0.5, 0.6) is 0 Å². The van der Waals surface area contributed by atoms with Gasteiger partial charge >= 0.3 is 5.97 Å². The number of rotatable bonds is 5. The summed E-state index contributed by atoms with van der Waals surface area (Å²) in [6.07, 6.45) is 8.81. The highest BCUT2D eigenvalue weighted by Crippen LogP contribution is 2.53. The van der Waals surface area contributed by atoms with Crippen LogP contribution in [0.2, 0.25) is 0 Å². The molecule has 1 aromatic heterocycles. The summed E-state index contributed by atoms with van der Waals surface area (Å²) in [5, 5.41) is 3.42. The van der Waals surface area contributed by atoms with Crippen LogP contribution in [0.15, 0.2) is 36.4 Å². The van der Waals surface area contributed by atoms with Crippen molar-refractivity contribution in [3.05, 3.63) is 58.0 Å². The number of esters is 1. The second kappa shape index (κ2) is 8.45. The number of hydrogen-bond donors (Lipinski definition) is 1. The van der Waals surface area contributed by atoms with Gasteiger partial charge in [-0.2, -0.15) is 0 Å². The van der Waals surface area contributed by atoms with Gasteiger partial charge in [0.1, 0.15) is 5.00 Å². The molecule has 1 aliphatic heterocycles. The summed E-state index contributed by atoms with van der Waals surface area (Å²) in [6.45, 7) is 2.03. The SMILES string of the molecule is CCOC(=O)c1c(NC(=O)c2ccc(N3C(=O)[C@@H]4[C@H](C3=O)[C@@H]3C=C[C@H]4C3)cc2)sc2c1CCCC2. The number of ether oxygens (including phenoxy) is 1. The second-order valence-electron chi connectivity index (χ2n) is 9.65. The van der Waals surface area contributed by atoms with Gasteiger partial charge < -0.3 is 10.1 Å². The molecule has 2 aromatic rings. The number of nitrogens with one attached hydrogen (secondary N) is 1. The van der Waals surface area contributed by atoms with Crippen LogP contribution in [0, 0.1) is 23.7 Å². The number of carbonyl (C=O) groups is 4. The molecule has 3 amide bonds. The molecule has 2 fully saturated rings. The summed E-state index contributed by atoms with van der Waals surface area (Å²) >= 11 is 1.44. The number of anilines is 2. The first kappa shape index (κ1) is 22.2. The van der Waals surface area contributed by atoms with Gasteiger partial charge in [-0.1, -0.05) is 12.2 Å². The van der Waals surface area contributed by atoms with Crippen LogP contribution in [0.1, 0.15) is 57.3 Å². The molecule has 0 spiro atoms. The van der Waals surface area contributed by atoms with E-state index in [-0.39, 0.29) is 48.0 Å². The third kappa shape index (κ3) is 3.45. The van der Waals surface area contributed by atoms with E-state index < -0.39 is 5.97 Å². The van der Waals surface area contributed by atoms with E-state index in [2.05, 4.69) is 17.5 Å². The molecule has 3 aliphatic carbocycles. The van der Waals surface area contributed by atoms with Gasteiger partial charge in [-0.15, -0.1) is 11.3 Å².